The Bertz CT molecular complexity index is 360. The van der Waals surface area contributed by atoms with Gasteiger partial charge >= 0.3 is 0 Å². The Labute approximate surface area is 76.8 Å². The van der Waals surface area contributed by atoms with Crippen molar-refractivity contribution in [1.29, 1.82) is 0 Å². The summed E-state index contributed by atoms with van der Waals surface area (Å²) in [5.41, 5.74) is 1.64. The number of Topliss-reactive ketones (excluding diaryl/α,β-unsaturated/α-hetero) is 1. The first-order valence-corrected chi connectivity index (χ1v) is 4.09. The first kappa shape index (κ1) is 8.05. The quantitative estimate of drug-likeness (QED) is 0.682. The van der Waals surface area contributed by atoms with Gasteiger partial charge in [0.05, 0.1) is 7.11 Å². The van der Waals surface area contributed by atoms with Crippen molar-refractivity contribution >= 4 is 11.4 Å². The minimum absolute atomic E-state index is 0.171. The van der Waals surface area contributed by atoms with Crippen LogP contribution in [-0.2, 0) is 4.79 Å². The van der Waals surface area contributed by atoms with Crippen molar-refractivity contribution in [3.63, 3.8) is 0 Å². The molecule has 0 saturated heterocycles. The van der Waals surface area contributed by atoms with Crippen LogP contribution in [-0.4, -0.2) is 12.9 Å². The molecule has 2 heteroatoms. The molecule has 0 saturated carbocycles. The highest BCUT2D eigenvalue weighted by Crippen LogP contribution is 2.25. The molecule has 0 bridgehead atoms. The standard InChI is InChI=1S/C11H9O2/c1-13-9-4-2-8(3-5-9)10-6-7-11(10)12/h2-5H,7H2,1H3. The van der Waals surface area contributed by atoms with E-state index >= 15 is 0 Å². The Morgan fingerprint density at radius 3 is 2.38 bits per heavy atom. The van der Waals surface area contributed by atoms with Gasteiger partial charge in [0, 0.05) is 12.0 Å². The monoisotopic (exact) mass is 173 g/mol. The van der Waals surface area contributed by atoms with Crippen LogP contribution in [0.1, 0.15) is 12.0 Å². The van der Waals surface area contributed by atoms with Crippen molar-refractivity contribution in [2.24, 2.45) is 0 Å². The van der Waals surface area contributed by atoms with Gasteiger partial charge < -0.3 is 4.74 Å². The fraction of sp³-hybridized carbons (Fsp3) is 0.182. The van der Waals surface area contributed by atoms with Gasteiger partial charge in [0.1, 0.15) is 5.75 Å². The zero-order valence-corrected chi connectivity index (χ0v) is 7.33. The fourth-order valence-corrected chi connectivity index (χ4v) is 1.27. The summed E-state index contributed by atoms with van der Waals surface area (Å²) in [7, 11) is 1.62. The highest BCUT2D eigenvalue weighted by Gasteiger charge is 2.18. The first-order chi connectivity index (χ1) is 6.31. The number of allylic oxidation sites excluding steroid dienone is 2. The lowest BCUT2D eigenvalue weighted by atomic mass is 9.90. The Morgan fingerprint density at radius 1 is 1.31 bits per heavy atom. The number of carbonyl (C=O) groups is 1. The predicted octanol–water partition coefficient (Wildman–Crippen LogP) is 1.85. The number of benzene rings is 1. The molecule has 2 nitrogen and oxygen atoms in total. The fourth-order valence-electron chi connectivity index (χ4n) is 1.27. The third-order valence-corrected chi connectivity index (χ3v) is 2.08. The van der Waals surface area contributed by atoms with Gasteiger partial charge in [-0.25, -0.2) is 0 Å². The highest BCUT2D eigenvalue weighted by atomic mass is 16.5. The van der Waals surface area contributed by atoms with Gasteiger partial charge in [0.2, 0.25) is 0 Å². The van der Waals surface area contributed by atoms with Gasteiger partial charge in [-0.05, 0) is 23.8 Å². The molecule has 1 radical (unpaired) electrons. The van der Waals surface area contributed by atoms with Crippen LogP contribution in [0, 0.1) is 6.08 Å². The van der Waals surface area contributed by atoms with E-state index < -0.39 is 0 Å². The van der Waals surface area contributed by atoms with Crippen LogP contribution in [0.15, 0.2) is 24.3 Å². The van der Waals surface area contributed by atoms with Crippen LogP contribution in [0.4, 0.5) is 0 Å². The molecule has 0 unspecified atom stereocenters. The Balaban J connectivity index is 2.28. The third-order valence-electron chi connectivity index (χ3n) is 2.08. The van der Waals surface area contributed by atoms with Gasteiger partial charge in [-0.2, -0.15) is 0 Å². The summed E-state index contributed by atoms with van der Waals surface area (Å²) in [5, 5.41) is 0. The smallest absolute Gasteiger partial charge is 0.168 e. The summed E-state index contributed by atoms with van der Waals surface area (Å²) in [4.78, 5) is 11.1. The summed E-state index contributed by atoms with van der Waals surface area (Å²) in [5.74, 6) is 0.973. The minimum Gasteiger partial charge on any atom is -0.497 e. The molecule has 0 aliphatic heterocycles. The number of hydrogen-bond donors (Lipinski definition) is 0. The minimum atomic E-state index is 0.171. The number of methoxy groups -OCH3 is 1. The number of carbonyl (C=O) groups excluding carboxylic acids is 1. The summed E-state index contributed by atoms with van der Waals surface area (Å²) in [6.07, 6.45) is 3.44. The molecule has 0 atom stereocenters. The maximum Gasteiger partial charge on any atom is 0.168 e. The molecule has 0 aromatic heterocycles. The Kier molecular flexibility index (Phi) is 1.89. The van der Waals surface area contributed by atoms with Gasteiger partial charge in [0.15, 0.2) is 5.78 Å². The van der Waals surface area contributed by atoms with E-state index in [-0.39, 0.29) is 5.78 Å². The molecular weight excluding hydrogens is 164 g/mol. The second-order valence-electron chi connectivity index (χ2n) is 2.88. The molecule has 65 valence electrons. The second kappa shape index (κ2) is 3.05. The van der Waals surface area contributed by atoms with Crippen LogP contribution < -0.4 is 4.74 Å². The molecule has 0 fully saturated rings. The molecule has 1 aliphatic rings. The molecular formula is C11H9O2. The van der Waals surface area contributed by atoms with E-state index in [0.717, 1.165) is 11.3 Å². The van der Waals surface area contributed by atoms with E-state index in [1.165, 1.54) is 0 Å². The molecule has 13 heavy (non-hydrogen) atoms. The maximum atomic E-state index is 11.1. The highest BCUT2D eigenvalue weighted by molar-refractivity contribution is 6.25. The lowest BCUT2D eigenvalue weighted by Gasteiger charge is -2.12. The molecule has 1 aromatic carbocycles. The van der Waals surface area contributed by atoms with E-state index in [9.17, 15) is 4.79 Å². The SMILES string of the molecule is COc1ccc(C2=[C]CC2=O)cc1. The van der Waals surface area contributed by atoms with E-state index in [1.54, 1.807) is 7.11 Å². The molecule has 2 rings (SSSR count). The van der Waals surface area contributed by atoms with Crippen molar-refractivity contribution in [3.05, 3.63) is 35.9 Å². The average molecular weight is 173 g/mol. The normalized spacial score (nSPS) is 14.8. The number of rotatable bonds is 2. The van der Waals surface area contributed by atoms with Gasteiger partial charge in [-0.3, -0.25) is 4.79 Å². The molecule has 0 N–H and O–H groups in total. The Morgan fingerprint density at radius 2 is 2.00 bits per heavy atom. The second-order valence-corrected chi connectivity index (χ2v) is 2.88. The summed E-state index contributed by atoms with van der Waals surface area (Å²) >= 11 is 0. The maximum absolute atomic E-state index is 11.1. The van der Waals surface area contributed by atoms with Crippen molar-refractivity contribution in [1.82, 2.24) is 0 Å². The van der Waals surface area contributed by atoms with Crippen molar-refractivity contribution in [2.45, 2.75) is 6.42 Å². The van der Waals surface area contributed by atoms with E-state index in [2.05, 4.69) is 6.08 Å². The predicted molar refractivity (Wildman–Crippen MR) is 49.3 cm³/mol. The zero-order chi connectivity index (χ0) is 9.26. The van der Waals surface area contributed by atoms with E-state index in [4.69, 9.17) is 4.74 Å². The lowest BCUT2D eigenvalue weighted by Crippen LogP contribution is -2.09. The molecule has 0 spiro atoms. The first-order valence-electron chi connectivity index (χ1n) is 4.09. The van der Waals surface area contributed by atoms with Crippen LogP contribution in [0.25, 0.3) is 5.57 Å². The number of hydrogen-bond acceptors (Lipinski definition) is 2. The van der Waals surface area contributed by atoms with Gasteiger partial charge in [0.25, 0.3) is 0 Å². The molecule has 0 amide bonds. The van der Waals surface area contributed by atoms with Crippen molar-refractivity contribution < 1.29 is 9.53 Å². The van der Waals surface area contributed by atoms with E-state index in [0.29, 0.717) is 12.0 Å². The molecule has 1 aromatic rings. The van der Waals surface area contributed by atoms with Crippen LogP contribution in [0.3, 0.4) is 0 Å². The van der Waals surface area contributed by atoms with Crippen LogP contribution in [0.5, 0.6) is 5.75 Å². The summed E-state index contributed by atoms with van der Waals surface area (Å²) in [6, 6.07) is 7.43. The average Bonchev–Trinajstić information content (AvgIpc) is 2.17. The molecule has 1 aliphatic carbocycles. The number of ether oxygens (including phenoxy) is 1. The Hall–Kier alpha value is -1.57. The zero-order valence-electron chi connectivity index (χ0n) is 7.33. The van der Waals surface area contributed by atoms with Crippen molar-refractivity contribution in [3.8, 4) is 5.75 Å². The molecule has 0 heterocycles. The van der Waals surface area contributed by atoms with Crippen LogP contribution >= 0.6 is 0 Å². The summed E-state index contributed by atoms with van der Waals surface area (Å²) in [6.45, 7) is 0. The van der Waals surface area contributed by atoms with Crippen LogP contribution in [0.2, 0.25) is 0 Å². The van der Waals surface area contributed by atoms with Gasteiger partial charge in [-0.1, -0.05) is 12.1 Å². The topological polar surface area (TPSA) is 26.3 Å². The van der Waals surface area contributed by atoms with Crippen molar-refractivity contribution in [2.75, 3.05) is 7.11 Å². The number of ketones is 1. The van der Waals surface area contributed by atoms with Gasteiger partial charge in [-0.15, -0.1) is 0 Å². The summed E-state index contributed by atoms with van der Waals surface area (Å²) < 4.78 is 5.01. The largest absolute Gasteiger partial charge is 0.497 e. The third kappa shape index (κ3) is 1.35. The van der Waals surface area contributed by atoms with E-state index in [1.807, 2.05) is 24.3 Å². The lowest BCUT2D eigenvalue weighted by molar-refractivity contribution is -0.114.